The summed E-state index contributed by atoms with van der Waals surface area (Å²) in [7, 11) is 1.67. The normalized spacial score (nSPS) is 16.0. The molecule has 0 spiro atoms. The smallest absolute Gasteiger partial charge is 0.231 e. The molecule has 39 heavy (non-hydrogen) atoms. The summed E-state index contributed by atoms with van der Waals surface area (Å²) in [5.41, 5.74) is 11.6. The fraction of sp³-hybridized carbons (Fsp3) is 0.452. The van der Waals surface area contributed by atoms with E-state index in [1.165, 1.54) is 5.56 Å². The molecule has 1 amide bonds. The third kappa shape index (κ3) is 6.33. The molecule has 208 valence electrons. The van der Waals surface area contributed by atoms with Crippen LogP contribution in [0.1, 0.15) is 54.6 Å². The minimum absolute atomic E-state index is 0.136. The molecular weight excluding hydrogens is 490 g/mol. The van der Waals surface area contributed by atoms with Crippen LogP contribution in [0, 0.1) is 20.8 Å². The first-order valence-electron chi connectivity index (χ1n) is 13.6. The predicted molar refractivity (Wildman–Crippen MR) is 156 cm³/mol. The molecule has 4 rings (SSSR count). The van der Waals surface area contributed by atoms with Crippen molar-refractivity contribution in [2.45, 2.75) is 60.1 Å². The molecule has 2 aromatic carbocycles. The van der Waals surface area contributed by atoms with Gasteiger partial charge in [-0.2, -0.15) is 0 Å². The van der Waals surface area contributed by atoms with E-state index in [0.29, 0.717) is 38.0 Å². The van der Waals surface area contributed by atoms with Crippen molar-refractivity contribution in [3.05, 3.63) is 64.3 Å². The molecule has 0 aliphatic carbocycles. The van der Waals surface area contributed by atoms with Crippen LogP contribution in [0.25, 0.3) is 11.4 Å². The van der Waals surface area contributed by atoms with Crippen molar-refractivity contribution in [2.24, 2.45) is 5.73 Å². The van der Waals surface area contributed by atoms with Crippen LogP contribution >= 0.6 is 0 Å². The molecule has 3 aromatic rings. The number of anilines is 1. The molecule has 1 fully saturated rings. The van der Waals surface area contributed by atoms with E-state index in [9.17, 15) is 4.79 Å². The second kappa shape index (κ2) is 12.0. The van der Waals surface area contributed by atoms with Gasteiger partial charge in [0.05, 0.1) is 30.5 Å². The van der Waals surface area contributed by atoms with Crippen molar-refractivity contribution >= 4 is 11.7 Å². The average Bonchev–Trinajstić information content (AvgIpc) is 2.89. The van der Waals surface area contributed by atoms with Crippen LogP contribution in [-0.4, -0.2) is 60.1 Å². The molecule has 1 unspecified atom stereocenters. The van der Waals surface area contributed by atoms with Crippen molar-refractivity contribution in [2.75, 3.05) is 38.2 Å². The van der Waals surface area contributed by atoms with Crippen LogP contribution in [0.4, 0.5) is 5.82 Å². The number of aryl methyl sites for hydroxylation is 3. The molecule has 0 saturated carbocycles. The number of carbonyl (C=O) groups excluding carboxylic acids is 1. The van der Waals surface area contributed by atoms with Crippen molar-refractivity contribution < 1.29 is 14.3 Å². The molecule has 8 heteroatoms. The Kier molecular flexibility index (Phi) is 8.75. The number of methoxy groups -OCH3 is 1. The third-order valence-corrected chi connectivity index (χ3v) is 7.54. The fourth-order valence-electron chi connectivity index (χ4n) is 5.12. The van der Waals surface area contributed by atoms with Gasteiger partial charge < -0.3 is 20.1 Å². The van der Waals surface area contributed by atoms with Crippen LogP contribution in [0.15, 0.2) is 36.4 Å². The Balaban J connectivity index is 1.75. The zero-order valence-electron chi connectivity index (χ0n) is 24.2. The summed E-state index contributed by atoms with van der Waals surface area (Å²) in [4.78, 5) is 26.1. The highest BCUT2D eigenvalue weighted by Crippen LogP contribution is 2.35. The highest BCUT2D eigenvalue weighted by molar-refractivity contribution is 5.76. The molecule has 2 heterocycles. The predicted octanol–water partition coefficient (Wildman–Crippen LogP) is 4.78. The first kappa shape index (κ1) is 28.4. The maximum Gasteiger partial charge on any atom is 0.231 e. The van der Waals surface area contributed by atoms with E-state index in [1.807, 2.05) is 32.0 Å². The molecule has 0 bridgehead atoms. The summed E-state index contributed by atoms with van der Waals surface area (Å²) in [6.07, 6.45) is 0. The number of aromatic nitrogens is 2. The number of piperazine rings is 1. The second-order valence-electron chi connectivity index (χ2n) is 10.8. The first-order valence-corrected chi connectivity index (χ1v) is 13.6. The topological polar surface area (TPSA) is 93.8 Å². The minimum Gasteiger partial charge on any atom is -0.496 e. The number of nitrogens with two attached hydrogens (primary N) is 1. The molecule has 2 N–H and O–H groups in total. The lowest BCUT2D eigenvalue weighted by molar-refractivity contribution is -0.119. The minimum atomic E-state index is -0.310. The SMILES string of the molecule is COc1cccc(C)c1-c1nc(C)c(COc2cc(C(C)C)ccc2C)c(N2CCN(CC(N)=O)C(C)C2)n1. The highest BCUT2D eigenvalue weighted by atomic mass is 16.5. The quantitative estimate of drug-likeness (QED) is 0.425. The van der Waals surface area contributed by atoms with Crippen LogP contribution < -0.4 is 20.1 Å². The number of amides is 1. The number of carbonyl (C=O) groups is 1. The molecule has 8 nitrogen and oxygen atoms in total. The molecular formula is C31H41N5O3. The standard InChI is InChI=1S/C31H41N5O3/c1-19(2)24-12-11-20(3)27(15-24)39-18-25-23(6)33-30(29-21(4)9-8-10-26(29)38-7)34-31(25)36-14-13-35(17-28(32)37)22(5)16-36/h8-12,15,19,22H,13-14,16-18H2,1-7H3,(H2,32,37). The maximum atomic E-state index is 11.6. The molecule has 1 saturated heterocycles. The maximum absolute atomic E-state index is 11.6. The summed E-state index contributed by atoms with van der Waals surface area (Å²) in [6, 6.07) is 12.5. The van der Waals surface area contributed by atoms with Gasteiger partial charge in [0, 0.05) is 25.7 Å². The molecule has 1 aliphatic rings. The van der Waals surface area contributed by atoms with Gasteiger partial charge in [0.1, 0.15) is 23.9 Å². The lowest BCUT2D eigenvalue weighted by Gasteiger charge is -2.40. The summed E-state index contributed by atoms with van der Waals surface area (Å²) < 4.78 is 12.1. The Bertz CT molecular complexity index is 1340. The number of ether oxygens (including phenoxy) is 2. The van der Waals surface area contributed by atoms with Crippen molar-refractivity contribution in [3.8, 4) is 22.9 Å². The molecule has 1 atom stereocenters. The van der Waals surface area contributed by atoms with Gasteiger partial charge in [-0.3, -0.25) is 9.69 Å². The number of benzene rings is 2. The van der Waals surface area contributed by atoms with Gasteiger partial charge in [-0.05, 0) is 62.4 Å². The Morgan fingerprint density at radius 2 is 1.85 bits per heavy atom. The van der Waals surface area contributed by atoms with Gasteiger partial charge in [0.2, 0.25) is 5.91 Å². The summed E-state index contributed by atoms with van der Waals surface area (Å²) in [5, 5.41) is 0. The van der Waals surface area contributed by atoms with Gasteiger partial charge in [-0.25, -0.2) is 9.97 Å². The third-order valence-electron chi connectivity index (χ3n) is 7.54. The molecule has 1 aliphatic heterocycles. The number of hydrogen-bond donors (Lipinski definition) is 1. The van der Waals surface area contributed by atoms with E-state index < -0.39 is 0 Å². The first-order chi connectivity index (χ1) is 18.6. The van der Waals surface area contributed by atoms with Gasteiger partial charge >= 0.3 is 0 Å². The van der Waals surface area contributed by atoms with Gasteiger partial charge in [-0.1, -0.05) is 38.1 Å². The number of nitrogens with zero attached hydrogens (tertiary/aromatic N) is 4. The summed E-state index contributed by atoms with van der Waals surface area (Å²) >= 11 is 0. The Morgan fingerprint density at radius 3 is 2.51 bits per heavy atom. The van der Waals surface area contributed by atoms with E-state index in [0.717, 1.165) is 45.3 Å². The summed E-state index contributed by atoms with van der Waals surface area (Å²) in [5.74, 6) is 3.20. The van der Waals surface area contributed by atoms with Crippen molar-refractivity contribution in [1.29, 1.82) is 0 Å². The van der Waals surface area contributed by atoms with E-state index >= 15 is 0 Å². The Morgan fingerprint density at radius 1 is 1.08 bits per heavy atom. The van der Waals surface area contributed by atoms with Crippen LogP contribution in [0.2, 0.25) is 0 Å². The van der Waals surface area contributed by atoms with Crippen LogP contribution in [0.3, 0.4) is 0 Å². The van der Waals surface area contributed by atoms with E-state index in [-0.39, 0.29) is 18.5 Å². The van der Waals surface area contributed by atoms with Gasteiger partial charge in [0.25, 0.3) is 0 Å². The number of primary amides is 1. The molecule has 1 aromatic heterocycles. The van der Waals surface area contributed by atoms with Crippen LogP contribution in [-0.2, 0) is 11.4 Å². The zero-order valence-corrected chi connectivity index (χ0v) is 24.2. The van der Waals surface area contributed by atoms with Crippen molar-refractivity contribution in [3.63, 3.8) is 0 Å². The lowest BCUT2D eigenvalue weighted by atomic mass is 10.0. The van der Waals surface area contributed by atoms with E-state index in [2.05, 4.69) is 55.7 Å². The van der Waals surface area contributed by atoms with Crippen molar-refractivity contribution in [1.82, 2.24) is 14.9 Å². The molecule has 0 radical (unpaired) electrons. The largest absolute Gasteiger partial charge is 0.496 e. The fourth-order valence-corrected chi connectivity index (χ4v) is 5.12. The number of hydrogen-bond acceptors (Lipinski definition) is 7. The lowest BCUT2D eigenvalue weighted by Crippen LogP contribution is -2.54. The monoisotopic (exact) mass is 531 g/mol. The second-order valence-corrected chi connectivity index (χ2v) is 10.8. The van der Waals surface area contributed by atoms with E-state index in [1.54, 1.807) is 7.11 Å². The van der Waals surface area contributed by atoms with Crippen LogP contribution in [0.5, 0.6) is 11.5 Å². The Hall–Kier alpha value is -3.65. The van der Waals surface area contributed by atoms with E-state index in [4.69, 9.17) is 25.2 Å². The highest BCUT2D eigenvalue weighted by Gasteiger charge is 2.29. The zero-order chi connectivity index (χ0) is 28.3. The average molecular weight is 532 g/mol. The summed E-state index contributed by atoms with van der Waals surface area (Å²) in [6.45, 7) is 15.4. The van der Waals surface area contributed by atoms with Gasteiger partial charge in [-0.15, -0.1) is 0 Å². The number of rotatable bonds is 9. The Labute approximate surface area is 232 Å². The van der Waals surface area contributed by atoms with Gasteiger partial charge in [0.15, 0.2) is 5.82 Å².